The van der Waals surface area contributed by atoms with Crippen molar-refractivity contribution < 1.29 is 14.6 Å². The van der Waals surface area contributed by atoms with Gasteiger partial charge in [-0.3, -0.25) is 0 Å². The third-order valence-corrected chi connectivity index (χ3v) is 1.15. The van der Waals surface area contributed by atoms with Crippen LogP contribution in [0.25, 0.3) is 0 Å². The van der Waals surface area contributed by atoms with Gasteiger partial charge in [0.25, 0.3) is 0 Å². The molecule has 4 heteroatoms. The van der Waals surface area contributed by atoms with Crippen molar-refractivity contribution in [3.8, 4) is 0 Å². The number of aliphatic hydroxyl groups excluding tert-OH is 1. The normalized spacial score (nSPS) is 12.5. The molecule has 0 aromatic heterocycles. The number of rotatable bonds is 2. The first-order valence-electron chi connectivity index (χ1n) is 4.16. The van der Waals surface area contributed by atoms with Crippen LogP contribution in [0.15, 0.2) is 11.8 Å². The zero-order valence-corrected chi connectivity index (χ0v) is 8.55. The molecule has 0 aromatic rings. The Morgan fingerprint density at radius 3 is 2.46 bits per heavy atom. The van der Waals surface area contributed by atoms with Gasteiger partial charge in [0, 0.05) is 0 Å². The summed E-state index contributed by atoms with van der Waals surface area (Å²) in [5.41, 5.74) is -0.504. The predicted molar refractivity (Wildman–Crippen MR) is 50.6 cm³/mol. The summed E-state index contributed by atoms with van der Waals surface area (Å²) in [6, 6.07) is 0. The molecule has 13 heavy (non-hydrogen) atoms. The molecule has 0 radical (unpaired) electrons. The maximum Gasteiger partial charge on any atom is 0.408 e. The first-order chi connectivity index (χ1) is 5.85. The van der Waals surface area contributed by atoms with E-state index in [1.165, 1.54) is 6.08 Å². The SMILES string of the molecule is CC=C(O)CNC(=O)OC(C)(C)C. The van der Waals surface area contributed by atoms with Crippen molar-refractivity contribution in [3.63, 3.8) is 0 Å². The van der Waals surface area contributed by atoms with Crippen LogP contribution in [0.5, 0.6) is 0 Å². The quantitative estimate of drug-likeness (QED) is 0.650. The molecule has 0 atom stereocenters. The van der Waals surface area contributed by atoms with Crippen LogP contribution in [0.2, 0.25) is 0 Å². The lowest BCUT2D eigenvalue weighted by Crippen LogP contribution is -2.33. The van der Waals surface area contributed by atoms with E-state index in [0.29, 0.717) is 0 Å². The zero-order chi connectivity index (χ0) is 10.5. The minimum absolute atomic E-state index is 0.103. The van der Waals surface area contributed by atoms with Crippen molar-refractivity contribution in [2.24, 2.45) is 0 Å². The lowest BCUT2D eigenvalue weighted by Gasteiger charge is -2.19. The minimum atomic E-state index is -0.527. The third-order valence-electron chi connectivity index (χ3n) is 1.15. The summed E-state index contributed by atoms with van der Waals surface area (Å²) in [4.78, 5) is 11.0. The van der Waals surface area contributed by atoms with Crippen molar-refractivity contribution in [2.75, 3.05) is 6.54 Å². The van der Waals surface area contributed by atoms with Gasteiger partial charge < -0.3 is 15.2 Å². The molecule has 0 bridgehead atoms. The van der Waals surface area contributed by atoms with Crippen LogP contribution in [0.4, 0.5) is 4.79 Å². The van der Waals surface area contributed by atoms with E-state index in [9.17, 15) is 4.79 Å². The van der Waals surface area contributed by atoms with E-state index in [2.05, 4.69) is 5.32 Å². The van der Waals surface area contributed by atoms with Gasteiger partial charge in [-0.15, -0.1) is 0 Å². The van der Waals surface area contributed by atoms with Crippen molar-refractivity contribution in [2.45, 2.75) is 33.3 Å². The Hall–Kier alpha value is -1.19. The van der Waals surface area contributed by atoms with Gasteiger partial charge in [-0.2, -0.15) is 0 Å². The van der Waals surface area contributed by atoms with Crippen LogP contribution in [-0.4, -0.2) is 23.3 Å². The third kappa shape index (κ3) is 7.18. The Kier molecular flexibility index (Phi) is 4.31. The number of amides is 1. The van der Waals surface area contributed by atoms with Gasteiger partial charge in [-0.25, -0.2) is 4.79 Å². The smallest absolute Gasteiger partial charge is 0.408 e. The molecule has 4 nitrogen and oxygen atoms in total. The second kappa shape index (κ2) is 4.74. The highest BCUT2D eigenvalue weighted by Gasteiger charge is 2.15. The van der Waals surface area contributed by atoms with Gasteiger partial charge in [-0.05, 0) is 33.8 Å². The van der Waals surface area contributed by atoms with Gasteiger partial charge in [-0.1, -0.05) is 0 Å². The number of ether oxygens (including phenoxy) is 1. The molecule has 76 valence electrons. The molecule has 0 aromatic carbocycles. The lowest BCUT2D eigenvalue weighted by atomic mass is 10.2. The van der Waals surface area contributed by atoms with Crippen LogP contribution >= 0.6 is 0 Å². The van der Waals surface area contributed by atoms with Crippen molar-refractivity contribution >= 4 is 6.09 Å². The Labute approximate surface area is 78.6 Å². The monoisotopic (exact) mass is 187 g/mol. The Morgan fingerprint density at radius 1 is 1.54 bits per heavy atom. The van der Waals surface area contributed by atoms with Crippen LogP contribution in [-0.2, 0) is 4.74 Å². The largest absolute Gasteiger partial charge is 0.511 e. The lowest BCUT2D eigenvalue weighted by molar-refractivity contribution is 0.0527. The molecule has 0 heterocycles. The summed E-state index contributed by atoms with van der Waals surface area (Å²) in [6.07, 6.45) is 0.984. The average molecular weight is 187 g/mol. The Balaban J connectivity index is 3.77. The number of carbonyl (C=O) groups excluding carboxylic acids is 1. The number of hydrogen-bond donors (Lipinski definition) is 2. The fraction of sp³-hybridized carbons (Fsp3) is 0.667. The van der Waals surface area contributed by atoms with Crippen molar-refractivity contribution in [1.29, 1.82) is 0 Å². The molecule has 0 fully saturated rings. The number of nitrogens with one attached hydrogen (secondary N) is 1. The molecule has 0 saturated carbocycles. The van der Waals surface area contributed by atoms with Gasteiger partial charge in [0.2, 0.25) is 0 Å². The molecular formula is C9H17NO3. The van der Waals surface area contributed by atoms with Crippen LogP contribution in [0.1, 0.15) is 27.7 Å². The van der Waals surface area contributed by atoms with E-state index in [-0.39, 0.29) is 12.3 Å². The molecule has 0 spiro atoms. The highest BCUT2D eigenvalue weighted by atomic mass is 16.6. The predicted octanol–water partition coefficient (Wildman–Crippen LogP) is 1.97. The van der Waals surface area contributed by atoms with Crippen LogP contribution < -0.4 is 5.32 Å². The van der Waals surface area contributed by atoms with E-state index >= 15 is 0 Å². The minimum Gasteiger partial charge on any atom is -0.511 e. The summed E-state index contributed by atoms with van der Waals surface area (Å²) in [6.45, 7) is 7.13. The van der Waals surface area contributed by atoms with Gasteiger partial charge >= 0.3 is 6.09 Å². The molecule has 2 N–H and O–H groups in total. The number of alkyl carbamates (subject to hydrolysis) is 1. The maximum atomic E-state index is 11.0. The number of allylic oxidation sites excluding steroid dienone is 1. The fourth-order valence-corrected chi connectivity index (χ4v) is 0.579. The molecule has 0 saturated heterocycles. The van der Waals surface area contributed by atoms with Gasteiger partial charge in [0.1, 0.15) is 11.4 Å². The number of carbonyl (C=O) groups is 1. The van der Waals surface area contributed by atoms with E-state index in [4.69, 9.17) is 9.84 Å². The van der Waals surface area contributed by atoms with Gasteiger partial charge in [0.15, 0.2) is 0 Å². The molecule has 0 rings (SSSR count). The summed E-state index contributed by atoms with van der Waals surface area (Å²) >= 11 is 0. The first-order valence-corrected chi connectivity index (χ1v) is 4.16. The average Bonchev–Trinajstić information content (AvgIpc) is 1.97. The van der Waals surface area contributed by atoms with Gasteiger partial charge in [0.05, 0.1) is 6.54 Å². The second-order valence-electron chi connectivity index (χ2n) is 3.64. The molecular weight excluding hydrogens is 170 g/mol. The topological polar surface area (TPSA) is 58.6 Å². The molecule has 0 unspecified atom stereocenters. The summed E-state index contributed by atoms with van der Waals surface area (Å²) in [7, 11) is 0. The number of aliphatic hydroxyl groups is 1. The fourth-order valence-electron chi connectivity index (χ4n) is 0.579. The second-order valence-corrected chi connectivity index (χ2v) is 3.64. The molecule has 1 amide bonds. The first kappa shape index (κ1) is 11.8. The Bertz CT molecular complexity index is 203. The van der Waals surface area contributed by atoms with Crippen LogP contribution in [0, 0.1) is 0 Å². The summed E-state index contributed by atoms with van der Waals surface area (Å²) in [5.74, 6) is 0.117. The number of hydrogen-bond acceptors (Lipinski definition) is 3. The standard InChI is InChI=1S/C9H17NO3/c1-5-7(11)6-10-8(12)13-9(2,3)4/h5,11H,6H2,1-4H3,(H,10,12). The highest BCUT2D eigenvalue weighted by Crippen LogP contribution is 2.06. The summed E-state index contributed by atoms with van der Waals surface area (Å²) in [5, 5.41) is 11.4. The van der Waals surface area contributed by atoms with Crippen molar-refractivity contribution in [1.82, 2.24) is 5.32 Å². The van der Waals surface area contributed by atoms with Crippen molar-refractivity contribution in [3.05, 3.63) is 11.8 Å². The van der Waals surface area contributed by atoms with E-state index in [0.717, 1.165) is 0 Å². The molecule has 0 aliphatic rings. The van der Waals surface area contributed by atoms with E-state index < -0.39 is 11.7 Å². The zero-order valence-electron chi connectivity index (χ0n) is 8.55. The molecule has 0 aliphatic heterocycles. The Morgan fingerprint density at radius 2 is 2.08 bits per heavy atom. The van der Waals surface area contributed by atoms with E-state index in [1.54, 1.807) is 27.7 Å². The van der Waals surface area contributed by atoms with E-state index in [1.807, 2.05) is 0 Å². The maximum absolute atomic E-state index is 11.0. The molecule has 0 aliphatic carbocycles. The van der Waals surface area contributed by atoms with Crippen LogP contribution in [0.3, 0.4) is 0 Å². The highest BCUT2D eigenvalue weighted by molar-refractivity contribution is 5.67. The summed E-state index contributed by atoms with van der Waals surface area (Å²) < 4.78 is 4.94.